The number of amides is 1. The summed E-state index contributed by atoms with van der Waals surface area (Å²) in [5.74, 6) is 2.31. The lowest BCUT2D eigenvalue weighted by molar-refractivity contribution is 0.00771. The van der Waals surface area contributed by atoms with E-state index in [9.17, 15) is 4.79 Å². The first kappa shape index (κ1) is 15.8. The van der Waals surface area contributed by atoms with Gasteiger partial charge in [0, 0.05) is 23.5 Å². The zero-order valence-corrected chi connectivity index (χ0v) is 14.5. The third-order valence-corrected chi connectivity index (χ3v) is 5.90. The molecule has 3 unspecified atom stereocenters. The molecule has 2 aliphatic rings. The maximum absolute atomic E-state index is 12.3. The number of hydrogen-bond acceptors (Lipinski definition) is 4. The maximum Gasteiger partial charge on any atom is 0.287 e. The lowest BCUT2D eigenvalue weighted by Gasteiger charge is -2.39. The number of nitrogens with one attached hydrogen (secondary N) is 1. The summed E-state index contributed by atoms with van der Waals surface area (Å²) in [5, 5.41) is 3.08. The molecule has 126 valence electrons. The van der Waals surface area contributed by atoms with Gasteiger partial charge in [-0.1, -0.05) is 17.7 Å². The molecule has 3 atom stereocenters. The number of aryl methyl sites for hydroxylation is 1. The summed E-state index contributed by atoms with van der Waals surface area (Å²) in [6.07, 6.45) is 2.33. The Labute approximate surface area is 146 Å². The van der Waals surface area contributed by atoms with Crippen molar-refractivity contribution in [3.8, 4) is 0 Å². The molecule has 1 aliphatic carbocycles. The Hall–Kier alpha value is -1.72. The van der Waals surface area contributed by atoms with Crippen LogP contribution < -0.4 is 5.32 Å². The number of fused-ring (bicyclic) bond motifs is 1. The summed E-state index contributed by atoms with van der Waals surface area (Å²) < 4.78 is 11.3. The largest absolute Gasteiger partial charge is 0.455 e. The molecular weight excluding hydrogens is 322 g/mol. The summed E-state index contributed by atoms with van der Waals surface area (Å²) in [7, 11) is 0. The predicted molar refractivity (Wildman–Crippen MR) is 93.2 cm³/mol. The second-order valence-electron chi connectivity index (χ2n) is 6.55. The van der Waals surface area contributed by atoms with Crippen LogP contribution in [-0.2, 0) is 10.5 Å². The molecule has 1 N–H and O–H groups in total. The van der Waals surface area contributed by atoms with Crippen molar-refractivity contribution in [2.24, 2.45) is 5.92 Å². The summed E-state index contributed by atoms with van der Waals surface area (Å²) in [6, 6.07) is 12.3. The highest BCUT2D eigenvalue weighted by Crippen LogP contribution is 2.38. The van der Waals surface area contributed by atoms with Gasteiger partial charge in [-0.2, -0.15) is 0 Å². The summed E-state index contributed by atoms with van der Waals surface area (Å²) >= 11 is 1.71. The first-order valence-corrected chi connectivity index (χ1v) is 9.38. The third-order valence-electron chi connectivity index (χ3n) is 4.87. The zero-order chi connectivity index (χ0) is 16.5. The van der Waals surface area contributed by atoms with Crippen molar-refractivity contribution in [2.75, 3.05) is 6.61 Å². The van der Waals surface area contributed by atoms with Crippen molar-refractivity contribution in [3.05, 3.63) is 53.5 Å². The monoisotopic (exact) mass is 343 g/mol. The lowest BCUT2D eigenvalue weighted by Crippen LogP contribution is -2.53. The zero-order valence-electron chi connectivity index (χ0n) is 13.7. The van der Waals surface area contributed by atoms with Crippen LogP contribution in [0.3, 0.4) is 0 Å². The number of carbonyl (C=O) groups excluding carboxylic acids is 1. The number of thioether (sulfide) groups is 1. The number of carbonyl (C=O) groups is 1. The SMILES string of the molecule is Cc1ccc(SCc2ccc(C(=O)NC3CC4OCCC34)o2)cc1. The van der Waals surface area contributed by atoms with Gasteiger partial charge in [-0.3, -0.25) is 4.79 Å². The van der Waals surface area contributed by atoms with Crippen LogP contribution in [0.1, 0.15) is 34.7 Å². The number of rotatable bonds is 5. The van der Waals surface area contributed by atoms with Crippen molar-refractivity contribution in [2.45, 2.75) is 42.6 Å². The van der Waals surface area contributed by atoms with Crippen LogP contribution in [0.4, 0.5) is 0 Å². The van der Waals surface area contributed by atoms with Crippen LogP contribution in [0.2, 0.25) is 0 Å². The van der Waals surface area contributed by atoms with Gasteiger partial charge in [-0.05, 0) is 44.0 Å². The van der Waals surface area contributed by atoms with Crippen LogP contribution in [0, 0.1) is 12.8 Å². The van der Waals surface area contributed by atoms with Crippen LogP contribution in [0.25, 0.3) is 0 Å². The van der Waals surface area contributed by atoms with Gasteiger partial charge < -0.3 is 14.5 Å². The molecule has 2 aromatic rings. The molecule has 1 saturated heterocycles. The van der Waals surface area contributed by atoms with E-state index in [1.54, 1.807) is 17.8 Å². The third kappa shape index (κ3) is 3.23. The summed E-state index contributed by atoms with van der Waals surface area (Å²) in [6.45, 7) is 2.90. The smallest absolute Gasteiger partial charge is 0.287 e. The number of furan rings is 1. The molecule has 1 aliphatic heterocycles. The molecule has 1 aromatic heterocycles. The Morgan fingerprint density at radius 3 is 2.88 bits per heavy atom. The van der Waals surface area contributed by atoms with E-state index in [0.29, 0.717) is 17.8 Å². The Kier molecular flexibility index (Phi) is 4.37. The fraction of sp³-hybridized carbons (Fsp3) is 0.421. The Bertz CT molecular complexity index is 724. The molecule has 0 radical (unpaired) electrons. The van der Waals surface area contributed by atoms with Crippen LogP contribution >= 0.6 is 11.8 Å². The summed E-state index contributed by atoms with van der Waals surface area (Å²) in [5.41, 5.74) is 1.25. The Morgan fingerprint density at radius 1 is 1.25 bits per heavy atom. The summed E-state index contributed by atoms with van der Waals surface area (Å²) in [4.78, 5) is 13.5. The topological polar surface area (TPSA) is 51.5 Å². The van der Waals surface area contributed by atoms with E-state index in [-0.39, 0.29) is 11.9 Å². The fourth-order valence-electron chi connectivity index (χ4n) is 3.37. The Morgan fingerprint density at radius 2 is 2.08 bits per heavy atom. The molecular formula is C19H21NO3S. The fourth-order valence-corrected chi connectivity index (χ4v) is 4.16. The van der Waals surface area contributed by atoms with Crippen LogP contribution in [0.15, 0.2) is 45.7 Å². The van der Waals surface area contributed by atoms with Gasteiger partial charge in [0.25, 0.3) is 5.91 Å². The van der Waals surface area contributed by atoms with Crippen molar-refractivity contribution in [3.63, 3.8) is 0 Å². The Balaban J connectivity index is 1.31. The molecule has 0 bridgehead atoms. The second kappa shape index (κ2) is 6.65. The van der Waals surface area contributed by atoms with Crippen molar-refractivity contribution >= 4 is 17.7 Å². The quantitative estimate of drug-likeness (QED) is 0.839. The van der Waals surface area contributed by atoms with Gasteiger partial charge in [-0.15, -0.1) is 11.8 Å². The van der Waals surface area contributed by atoms with Gasteiger partial charge in [0.1, 0.15) is 5.76 Å². The van der Waals surface area contributed by atoms with E-state index in [0.717, 1.165) is 31.0 Å². The molecule has 5 heteroatoms. The molecule has 4 nitrogen and oxygen atoms in total. The van der Waals surface area contributed by atoms with E-state index in [2.05, 4.69) is 36.5 Å². The van der Waals surface area contributed by atoms with E-state index < -0.39 is 0 Å². The molecule has 1 amide bonds. The van der Waals surface area contributed by atoms with Gasteiger partial charge >= 0.3 is 0 Å². The van der Waals surface area contributed by atoms with Crippen molar-refractivity contribution in [1.82, 2.24) is 5.32 Å². The molecule has 2 heterocycles. The van der Waals surface area contributed by atoms with Gasteiger partial charge in [-0.25, -0.2) is 0 Å². The molecule has 0 spiro atoms. The highest BCUT2D eigenvalue weighted by Gasteiger charge is 2.45. The van der Waals surface area contributed by atoms with Crippen LogP contribution in [-0.4, -0.2) is 24.7 Å². The highest BCUT2D eigenvalue weighted by atomic mass is 32.2. The average Bonchev–Trinajstić information content (AvgIpc) is 3.19. The minimum Gasteiger partial charge on any atom is -0.455 e. The van der Waals surface area contributed by atoms with Crippen molar-refractivity contribution < 1.29 is 13.9 Å². The van der Waals surface area contributed by atoms with Crippen LogP contribution in [0.5, 0.6) is 0 Å². The molecule has 4 rings (SSSR count). The number of benzene rings is 1. The van der Waals surface area contributed by atoms with E-state index in [1.165, 1.54) is 10.5 Å². The van der Waals surface area contributed by atoms with E-state index in [1.807, 2.05) is 6.07 Å². The van der Waals surface area contributed by atoms with E-state index in [4.69, 9.17) is 9.15 Å². The maximum atomic E-state index is 12.3. The number of ether oxygens (including phenoxy) is 1. The average molecular weight is 343 g/mol. The predicted octanol–water partition coefficient (Wildman–Crippen LogP) is 3.79. The minimum atomic E-state index is -0.114. The van der Waals surface area contributed by atoms with E-state index >= 15 is 0 Å². The normalized spacial score (nSPS) is 25.1. The minimum absolute atomic E-state index is 0.114. The van der Waals surface area contributed by atoms with Gasteiger partial charge in [0.2, 0.25) is 0 Å². The first-order chi connectivity index (χ1) is 11.7. The standard InChI is InChI=1S/C19H21NO3S/c1-12-2-5-14(6-3-12)24-11-13-4-7-17(23-13)19(21)20-16-10-18-15(16)8-9-22-18/h2-7,15-16,18H,8-11H2,1H3,(H,20,21). The lowest BCUT2D eigenvalue weighted by atomic mass is 9.76. The molecule has 1 saturated carbocycles. The molecule has 24 heavy (non-hydrogen) atoms. The first-order valence-electron chi connectivity index (χ1n) is 8.40. The molecule has 2 fully saturated rings. The van der Waals surface area contributed by atoms with Gasteiger partial charge in [0.05, 0.1) is 11.9 Å². The van der Waals surface area contributed by atoms with Gasteiger partial charge in [0.15, 0.2) is 5.76 Å². The number of hydrogen-bond donors (Lipinski definition) is 1. The highest BCUT2D eigenvalue weighted by molar-refractivity contribution is 7.98. The second-order valence-corrected chi connectivity index (χ2v) is 7.59. The molecule has 1 aromatic carbocycles. The van der Waals surface area contributed by atoms with Crippen molar-refractivity contribution in [1.29, 1.82) is 0 Å².